The number of fused-ring (bicyclic) bond motifs is 1. The van der Waals surface area contributed by atoms with Crippen LogP contribution < -0.4 is 10.9 Å². The van der Waals surface area contributed by atoms with Crippen LogP contribution in [-0.2, 0) is 5.75 Å². The minimum Gasteiger partial charge on any atom is -0.321 e. The predicted octanol–water partition coefficient (Wildman–Crippen LogP) is 4.92. The number of carbonyl (C=O) groups excluding carboxylic acids is 1. The van der Waals surface area contributed by atoms with Gasteiger partial charge in [0.2, 0.25) is 0 Å². The number of para-hydroxylation sites is 1. The monoisotopic (exact) mass is 421 g/mol. The maximum absolute atomic E-state index is 12.7. The zero-order valence-electron chi connectivity index (χ0n) is 16.0. The van der Waals surface area contributed by atoms with Crippen LogP contribution in [0.1, 0.15) is 26.5 Å². The van der Waals surface area contributed by atoms with Gasteiger partial charge < -0.3 is 5.32 Å². The van der Waals surface area contributed by atoms with Crippen LogP contribution in [0.25, 0.3) is 4.96 Å². The van der Waals surface area contributed by atoms with Crippen LogP contribution >= 0.6 is 23.1 Å². The van der Waals surface area contributed by atoms with E-state index < -0.39 is 0 Å². The second kappa shape index (κ2) is 8.23. The first kappa shape index (κ1) is 19.4. The highest BCUT2D eigenvalue weighted by Crippen LogP contribution is 2.30. The summed E-state index contributed by atoms with van der Waals surface area (Å²) < 4.78 is 1.57. The van der Waals surface area contributed by atoms with Crippen LogP contribution in [0.2, 0.25) is 0 Å². The molecule has 0 aliphatic carbocycles. The molecule has 146 valence electrons. The van der Waals surface area contributed by atoms with Crippen molar-refractivity contribution in [2.75, 3.05) is 5.32 Å². The molecule has 0 atom stereocenters. The Bertz CT molecular complexity index is 1260. The topological polar surface area (TPSA) is 63.5 Å². The molecule has 4 aromatic rings. The van der Waals surface area contributed by atoms with Crippen molar-refractivity contribution in [3.8, 4) is 0 Å². The lowest BCUT2D eigenvalue weighted by atomic mass is 10.1. The SMILES string of the molecule is Cc1cn2c(=O)cc(CSc3ccccc3NC(=O)c3ccccc3C)nc2s1. The van der Waals surface area contributed by atoms with Crippen LogP contribution in [0, 0.1) is 13.8 Å². The smallest absolute Gasteiger partial charge is 0.258 e. The minimum atomic E-state index is -0.136. The summed E-state index contributed by atoms with van der Waals surface area (Å²) in [6.07, 6.45) is 1.81. The van der Waals surface area contributed by atoms with E-state index in [9.17, 15) is 9.59 Å². The molecule has 0 spiro atoms. The van der Waals surface area contributed by atoms with E-state index in [1.165, 1.54) is 11.3 Å². The standard InChI is InChI=1S/C22H19N3O2S2/c1-14-7-3-4-8-17(14)21(27)24-18-9-5-6-10-19(18)28-13-16-11-20(26)25-12-15(2)29-22(25)23-16/h3-12H,13H2,1-2H3,(H,24,27). The summed E-state index contributed by atoms with van der Waals surface area (Å²) in [6.45, 7) is 3.88. The third-order valence-electron chi connectivity index (χ3n) is 4.44. The van der Waals surface area contributed by atoms with Gasteiger partial charge >= 0.3 is 0 Å². The second-order valence-electron chi connectivity index (χ2n) is 6.63. The number of hydrogen-bond donors (Lipinski definition) is 1. The third-order valence-corrected chi connectivity index (χ3v) is 6.44. The minimum absolute atomic E-state index is 0.0731. The first-order valence-electron chi connectivity index (χ1n) is 9.09. The first-order valence-corrected chi connectivity index (χ1v) is 10.9. The number of amides is 1. The van der Waals surface area contributed by atoms with E-state index in [4.69, 9.17) is 0 Å². The lowest BCUT2D eigenvalue weighted by Gasteiger charge is -2.12. The molecule has 2 heterocycles. The van der Waals surface area contributed by atoms with Crippen LogP contribution in [0.4, 0.5) is 5.69 Å². The number of anilines is 1. The van der Waals surface area contributed by atoms with E-state index >= 15 is 0 Å². The summed E-state index contributed by atoms with van der Waals surface area (Å²) in [7, 11) is 0. The summed E-state index contributed by atoms with van der Waals surface area (Å²) in [5.74, 6) is 0.405. The Morgan fingerprint density at radius 3 is 2.72 bits per heavy atom. The number of rotatable bonds is 5. The lowest BCUT2D eigenvalue weighted by Crippen LogP contribution is -2.14. The molecule has 0 fully saturated rings. The predicted molar refractivity (Wildman–Crippen MR) is 119 cm³/mol. The van der Waals surface area contributed by atoms with Gasteiger partial charge in [-0.15, -0.1) is 23.1 Å². The molecule has 0 aliphatic heterocycles. The number of aromatic nitrogens is 2. The van der Waals surface area contributed by atoms with Gasteiger partial charge in [0, 0.05) is 33.4 Å². The molecule has 29 heavy (non-hydrogen) atoms. The van der Waals surface area contributed by atoms with Gasteiger partial charge in [0.1, 0.15) is 0 Å². The Morgan fingerprint density at radius 2 is 1.90 bits per heavy atom. The van der Waals surface area contributed by atoms with Crippen molar-refractivity contribution in [3.05, 3.63) is 92.8 Å². The number of thiazole rings is 1. The van der Waals surface area contributed by atoms with Crippen LogP contribution in [-0.4, -0.2) is 15.3 Å². The number of nitrogens with one attached hydrogen (secondary N) is 1. The Morgan fingerprint density at radius 1 is 1.14 bits per heavy atom. The van der Waals surface area contributed by atoms with E-state index in [2.05, 4.69) is 10.3 Å². The average molecular weight is 422 g/mol. The molecule has 2 aromatic carbocycles. The first-order chi connectivity index (χ1) is 14.0. The molecule has 2 aromatic heterocycles. The van der Waals surface area contributed by atoms with Gasteiger partial charge in [0.15, 0.2) is 4.96 Å². The van der Waals surface area contributed by atoms with Gasteiger partial charge in [0.05, 0.1) is 11.4 Å². The Labute approximate surface area is 176 Å². The fourth-order valence-corrected chi connectivity index (χ4v) is 4.75. The second-order valence-corrected chi connectivity index (χ2v) is 8.86. The number of carbonyl (C=O) groups is 1. The quantitative estimate of drug-likeness (QED) is 0.465. The van der Waals surface area contributed by atoms with Crippen LogP contribution in [0.3, 0.4) is 0 Å². The van der Waals surface area contributed by atoms with Crippen molar-refractivity contribution >= 4 is 39.7 Å². The van der Waals surface area contributed by atoms with Crippen molar-refractivity contribution in [1.29, 1.82) is 0 Å². The van der Waals surface area contributed by atoms with Crippen molar-refractivity contribution in [3.63, 3.8) is 0 Å². The van der Waals surface area contributed by atoms with E-state index in [1.54, 1.807) is 22.2 Å². The molecule has 4 rings (SSSR count). The van der Waals surface area contributed by atoms with Gasteiger partial charge in [-0.25, -0.2) is 4.98 Å². The van der Waals surface area contributed by atoms with Crippen molar-refractivity contribution < 1.29 is 4.79 Å². The molecule has 0 aliphatic rings. The van der Waals surface area contributed by atoms with Crippen molar-refractivity contribution in [2.24, 2.45) is 0 Å². The normalized spacial score (nSPS) is 11.0. The molecule has 0 bridgehead atoms. The number of aryl methyl sites for hydroxylation is 2. The van der Waals surface area contributed by atoms with Gasteiger partial charge in [-0.05, 0) is 37.6 Å². The highest BCUT2D eigenvalue weighted by molar-refractivity contribution is 7.98. The summed E-state index contributed by atoms with van der Waals surface area (Å²) in [4.78, 5) is 32.2. The third kappa shape index (κ3) is 4.26. The number of benzene rings is 2. The van der Waals surface area contributed by atoms with Gasteiger partial charge in [-0.1, -0.05) is 30.3 Å². The largest absolute Gasteiger partial charge is 0.321 e. The van der Waals surface area contributed by atoms with Gasteiger partial charge in [-0.2, -0.15) is 0 Å². The summed E-state index contributed by atoms with van der Waals surface area (Å²) in [6, 6.07) is 16.7. The number of thioether (sulfide) groups is 1. The summed E-state index contributed by atoms with van der Waals surface area (Å²) in [5.41, 5.74) is 2.98. The molecule has 0 saturated carbocycles. The summed E-state index contributed by atoms with van der Waals surface area (Å²) >= 11 is 3.04. The molecular weight excluding hydrogens is 402 g/mol. The van der Waals surface area contributed by atoms with Crippen LogP contribution in [0.5, 0.6) is 0 Å². The Kier molecular flexibility index (Phi) is 5.51. The summed E-state index contributed by atoms with van der Waals surface area (Å²) in [5, 5.41) is 3.00. The average Bonchev–Trinajstić information content (AvgIpc) is 3.08. The number of nitrogens with zero attached hydrogens (tertiary/aromatic N) is 2. The number of hydrogen-bond acceptors (Lipinski definition) is 5. The van der Waals surface area contributed by atoms with Crippen LogP contribution in [0.15, 0.2) is 70.5 Å². The Hall–Kier alpha value is -2.90. The maximum atomic E-state index is 12.7. The zero-order valence-corrected chi connectivity index (χ0v) is 17.6. The zero-order chi connectivity index (χ0) is 20.4. The fourth-order valence-electron chi connectivity index (χ4n) is 3.00. The molecule has 1 amide bonds. The highest BCUT2D eigenvalue weighted by Gasteiger charge is 2.12. The Balaban J connectivity index is 1.54. The van der Waals surface area contributed by atoms with E-state index in [1.807, 2.05) is 68.6 Å². The highest BCUT2D eigenvalue weighted by atomic mass is 32.2. The van der Waals surface area contributed by atoms with E-state index in [0.717, 1.165) is 26.7 Å². The molecule has 1 N–H and O–H groups in total. The maximum Gasteiger partial charge on any atom is 0.258 e. The molecular formula is C22H19N3O2S2. The molecule has 0 radical (unpaired) electrons. The van der Waals surface area contributed by atoms with Crippen molar-refractivity contribution in [1.82, 2.24) is 9.38 Å². The molecule has 7 heteroatoms. The van der Waals surface area contributed by atoms with Crippen molar-refractivity contribution in [2.45, 2.75) is 24.5 Å². The fraction of sp³-hybridized carbons (Fsp3) is 0.136. The lowest BCUT2D eigenvalue weighted by molar-refractivity contribution is 0.102. The molecule has 0 saturated heterocycles. The molecule has 0 unspecified atom stereocenters. The molecule has 5 nitrogen and oxygen atoms in total. The van der Waals surface area contributed by atoms with E-state index in [-0.39, 0.29) is 11.5 Å². The van der Waals surface area contributed by atoms with Gasteiger partial charge in [0.25, 0.3) is 11.5 Å². The van der Waals surface area contributed by atoms with E-state index in [0.29, 0.717) is 16.3 Å². The van der Waals surface area contributed by atoms with Gasteiger partial charge in [-0.3, -0.25) is 14.0 Å².